The standard InChI is InChI=1S/C23H36N2/c1-3-4-5-6-7-8-9-13-19-23-24-22(20-25(23)2)18-14-17-21-15-11-10-12-16-21/h10-12,15-16,20H,3-9,13-14,17-19H2,1-2H3. The van der Waals surface area contributed by atoms with Crippen molar-refractivity contribution in [2.24, 2.45) is 7.05 Å². The van der Waals surface area contributed by atoms with Crippen LogP contribution in [0.3, 0.4) is 0 Å². The molecular weight excluding hydrogens is 304 g/mol. The molecule has 0 fully saturated rings. The average molecular weight is 341 g/mol. The Kier molecular flexibility index (Phi) is 9.40. The van der Waals surface area contributed by atoms with Gasteiger partial charge in [-0.25, -0.2) is 4.98 Å². The molecule has 0 amide bonds. The van der Waals surface area contributed by atoms with Crippen LogP contribution < -0.4 is 0 Å². The van der Waals surface area contributed by atoms with Gasteiger partial charge in [0.15, 0.2) is 0 Å². The molecule has 1 heterocycles. The third kappa shape index (κ3) is 7.90. The maximum atomic E-state index is 4.86. The summed E-state index contributed by atoms with van der Waals surface area (Å²) in [4.78, 5) is 4.86. The van der Waals surface area contributed by atoms with Gasteiger partial charge in [-0.3, -0.25) is 0 Å². The number of benzene rings is 1. The minimum atomic E-state index is 1.08. The Morgan fingerprint density at radius 3 is 2.16 bits per heavy atom. The van der Waals surface area contributed by atoms with Gasteiger partial charge in [0.25, 0.3) is 0 Å². The van der Waals surface area contributed by atoms with Crippen LogP contribution in [0.4, 0.5) is 0 Å². The smallest absolute Gasteiger partial charge is 0.108 e. The molecule has 2 aromatic rings. The molecule has 0 spiro atoms. The van der Waals surface area contributed by atoms with Crippen LogP contribution in [-0.2, 0) is 26.3 Å². The van der Waals surface area contributed by atoms with E-state index in [4.69, 9.17) is 4.98 Å². The Morgan fingerprint density at radius 1 is 0.760 bits per heavy atom. The van der Waals surface area contributed by atoms with E-state index in [1.54, 1.807) is 0 Å². The van der Waals surface area contributed by atoms with Gasteiger partial charge in [-0.1, -0.05) is 82.2 Å². The van der Waals surface area contributed by atoms with Crippen LogP contribution in [0.1, 0.15) is 81.8 Å². The SMILES string of the molecule is CCCCCCCCCCc1nc(CCCc2ccccc2)cn1C. The van der Waals surface area contributed by atoms with Crippen molar-refractivity contribution in [1.82, 2.24) is 9.55 Å². The summed E-state index contributed by atoms with van der Waals surface area (Å²) in [5.41, 5.74) is 2.69. The van der Waals surface area contributed by atoms with Gasteiger partial charge >= 0.3 is 0 Å². The van der Waals surface area contributed by atoms with Crippen molar-refractivity contribution in [1.29, 1.82) is 0 Å². The maximum absolute atomic E-state index is 4.86. The first-order valence-corrected chi connectivity index (χ1v) is 10.3. The molecule has 138 valence electrons. The first-order chi connectivity index (χ1) is 12.3. The van der Waals surface area contributed by atoms with Crippen LogP contribution in [0.15, 0.2) is 36.5 Å². The molecule has 2 heteroatoms. The molecule has 2 nitrogen and oxygen atoms in total. The average Bonchev–Trinajstić information content (AvgIpc) is 2.98. The summed E-state index contributed by atoms with van der Waals surface area (Å²) in [6, 6.07) is 10.8. The normalized spacial score (nSPS) is 11.1. The largest absolute Gasteiger partial charge is 0.338 e. The van der Waals surface area contributed by atoms with Gasteiger partial charge in [0, 0.05) is 19.7 Å². The van der Waals surface area contributed by atoms with Crippen molar-refractivity contribution >= 4 is 0 Å². The number of aryl methyl sites for hydroxylation is 4. The number of aromatic nitrogens is 2. The summed E-state index contributed by atoms with van der Waals surface area (Å²) in [7, 11) is 2.15. The van der Waals surface area contributed by atoms with Crippen molar-refractivity contribution in [3.8, 4) is 0 Å². The highest BCUT2D eigenvalue weighted by Gasteiger charge is 2.05. The Bertz CT molecular complexity index is 571. The number of rotatable bonds is 13. The van der Waals surface area contributed by atoms with Gasteiger partial charge in [-0.2, -0.15) is 0 Å². The molecule has 0 aliphatic heterocycles. The Labute approximate surface area is 154 Å². The number of hydrogen-bond donors (Lipinski definition) is 0. The molecule has 1 aromatic heterocycles. The van der Waals surface area contributed by atoms with Crippen molar-refractivity contribution < 1.29 is 0 Å². The number of unbranched alkanes of at least 4 members (excludes halogenated alkanes) is 7. The van der Waals surface area contributed by atoms with Gasteiger partial charge in [-0.05, 0) is 31.2 Å². The second kappa shape index (κ2) is 11.9. The van der Waals surface area contributed by atoms with Gasteiger partial charge in [0.05, 0.1) is 5.69 Å². The van der Waals surface area contributed by atoms with Gasteiger partial charge in [0.2, 0.25) is 0 Å². The zero-order chi connectivity index (χ0) is 17.7. The Balaban J connectivity index is 1.61. The molecule has 0 saturated heterocycles. The van der Waals surface area contributed by atoms with E-state index in [1.165, 1.54) is 74.9 Å². The quantitative estimate of drug-likeness (QED) is 0.392. The lowest BCUT2D eigenvalue weighted by Gasteiger charge is -2.02. The highest BCUT2D eigenvalue weighted by atomic mass is 15.0. The zero-order valence-corrected chi connectivity index (χ0v) is 16.3. The molecule has 0 aliphatic rings. The number of nitrogens with zero attached hydrogens (tertiary/aromatic N) is 2. The lowest BCUT2D eigenvalue weighted by Crippen LogP contribution is -1.97. The monoisotopic (exact) mass is 340 g/mol. The van der Waals surface area contributed by atoms with E-state index in [0.29, 0.717) is 0 Å². The van der Waals surface area contributed by atoms with Gasteiger partial charge in [-0.15, -0.1) is 0 Å². The molecular formula is C23H36N2. The highest BCUT2D eigenvalue weighted by Crippen LogP contribution is 2.13. The van der Waals surface area contributed by atoms with Crippen LogP contribution in [0, 0.1) is 0 Å². The third-order valence-electron chi connectivity index (χ3n) is 5.02. The molecule has 0 radical (unpaired) electrons. The minimum absolute atomic E-state index is 1.08. The van der Waals surface area contributed by atoms with E-state index in [0.717, 1.165) is 19.3 Å². The predicted molar refractivity (Wildman–Crippen MR) is 108 cm³/mol. The fraction of sp³-hybridized carbons (Fsp3) is 0.609. The second-order valence-corrected chi connectivity index (χ2v) is 7.32. The van der Waals surface area contributed by atoms with Crippen LogP contribution in [0.5, 0.6) is 0 Å². The van der Waals surface area contributed by atoms with Crippen molar-refractivity contribution in [3.63, 3.8) is 0 Å². The van der Waals surface area contributed by atoms with E-state index in [-0.39, 0.29) is 0 Å². The molecule has 0 atom stereocenters. The van der Waals surface area contributed by atoms with E-state index < -0.39 is 0 Å². The third-order valence-corrected chi connectivity index (χ3v) is 5.02. The van der Waals surface area contributed by atoms with Crippen LogP contribution in [0.2, 0.25) is 0 Å². The summed E-state index contributed by atoms with van der Waals surface area (Å²) >= 11 is 0. The van der Waals surface area contributed by atoms with Gasteiger partial charge in [0.1, 0.15) is 5.82 Å². The zero-order valence-electron chi connectivity index (χ0n) is 16.3. The first kappa shape index (κ1) is 19.8. The van der Waals surface area contributed by atoms with Crippen LogP contribution >= 0.6 is 0 Å². The molecule has 1 aromatic carbocycles. The van der Waals surface area contributed by atoms with Crippen molar-refractivity contribution in [2.45, 2.75) is 84.0 Å². The molecule has 0 aliphatic carbocycles. The summed E-state index contributed by atoms with van der Waals surface area (Å²) < 4.78 is 2.24. The van der Waals surface area contributed by atoms with E-state index >= 15 is 0 Å². The number of imidazole rings is 1. The summed E-state index contributed by atoms with van der Waals surface area (Å²) in [6.45, 7) is 2.28. The van der Waals surface area contributed by atoms with E-state index in [1.807, 2.05) is 0 Å². The molecule has 25 heavy (non-hydrogen) atoms. The fourth-order valence-corrected chi connectivity index (χ4v) is 3.46. The summed E-state index contributed by atoms with van der Waals surface area (Å²) in [6.07, 6.45) is 17.8. The van der Waals surface area contributed by atoms with E-state index in [9.17, 15) is 0 Å². The molecule has 2 rings (SSSR count). The molecule has 0 bridgehead atoms. The molecule has 0 saturated carbocycles. The van der Waals surface area contributed by atoms with Crippen molar-refractivity contribution in [2.75, 3.05) is 0 Å². The lowest BCUT2D eigenvalue weighted by molar-refractivity contribution is 0.569. The van der Waals surface area contributed by atoms with Crippen LogP contribution in [-0.4, -0.2) is 9.55 Å². The molecule has 0 N–H and O–H groups in total. The lowest BCUT2D eigenvalue weighted by atomic mass is 10.1. The maximum Gasteiger partial charge on any atom is 0.108 e. The van der Waals surface area contributed by atoms with Crippen LogP contribution in [0.25, 0.3) is 0 Å². The summed E-state index contributed by atoms with van der Waals surface area (Å²) in [5.74, 6) is 1.26. The Morgan fingerprint density at radius 2 is 1.44 bits per heavy atom. The highest BCUT2D eigenvalue weighted by molar-refractivity contribution is 5.15. The van der Waals surface area contributed by atoms with Crippen molar-refractivity contribution in [3.05, 3.63) is 53.6 Å². The fourth-order valence-electron chi connectivity index (χ4n) is 3.46. The van der Waals surface area contributed by atoms with E-state index in [2.05, 4.69) is 55.1 Å². The summed E-state index contributed by atoms with van der Waals surface area (Å²) in [5, 5.41) is 0. The predicted octanol–water partition coefficient (Wildman–Crippen LogP) is 6.28. The molecule has 0 unspecified atom stereocenters. The van der Waals surface area contributed by atoms with Gasteiger partial charge < -0.3 is 4.57 Å². The second-order valence-electron chi connectivity index (χ2n) is 7.32. The first-order valence-electron chi connectivity index (χ1n) is 10.3. The topological polar surface area (TPSA) is 17.8 Å². The minimum Gasteiger partial charge on any atom is -0.338 e. The Hall–Kier alpha value is -1.57. The number of hydrogen-bond acceptors (Lipinski definition) is 1.